The van der Waals surface area contributed by atoms with Gasteiger partial charge in [0.1, 0.15) is 5.75 Å². The highest BCUT2D eigenvalue weighted by Gasteiger charge is 2.51. The standard InChI is InChI=1S/C29H30ClNO3S/c1-2-34-25-8-5-23(29-14-19-9-20(15-29)11-21(10-19)16-29)12-22(25)13-26-27(32)31(28(33)35-26)17-18-3-6-24(30)7-4-18/h3-8,12-13,19-21H,2,9-11,14-17H2,1H3/b26-13-. The maximum atomic E-state index is 13.2. The first-order chi connectivity index (χ1) is 16.9. The second-order valence-electron chi connectivity index (χ2n) is 10.8. The Bertz CT molecular complexity index is 1170. The average Bonchev–Trinajstić information content (AvgIpc) is 3.08. The molecule has 0 aromatic heterocycles. The Balaban J connectivity index is 1.31. The van der Waals surface area contributed by atoms with Gasteiger partial charge in [0, 0.05) is 10.6 Å². The van der Waals surface area contributed by atoms with E-state index in [1.54, 1.807) is 12.1 Å². The van der Waals surface area contributed by atoms with Crippen molar-refractivity contribution in [2.75, 3.05) is 6.61 Å². The van der Waals surface area contributed by atoms with Crippen molar-refractivity contribution in [2.45, 2.75) is 57.4 Å². The lowest BCUT2D eigenvalue weighted by atomic mass is 9.48. The van der Waals surface area contributed by atoms with Gasteiger partial charge in [-0.05, 0) is 122 Å². The summed E-state index contributed by atoms with van der Waals surface area (Å²) in [5.41, 5.74) is 3.41. The zero-order valence-corrected chi connectivity index (χ0v) is 21.5. The molecule has 2 aromatic rings. The van der Waals surface area contributed by atoms with Crippen LogP contribution in [0.15, 0.2) is 47.4 Å². The summed E-state index contributed by atoms with van der Waals surface area (Å²) in [6.07, 6.45) is 9.93. The van der Waals surface area contributed by atoms with E-state index in [4.69, 9.17) is 16.3 Å². The molecular formula is C29H30ClNO3S. The number of hydrogen-bond acceptors (Lipinski definition) is 4. The molecule has 7 rings (SSSR count). The van der Waals surface area contributed by atoms with Crippen molar-refractivity contribution in [3.05, 3.63) is 69.1 Å². The molecule has 0 spiro atoms. The largest absolute Gasteiger partial charge is 0.493 e. The van der Waals surface area contributed by atoms with Crippen LogP contribution in [0.4, 0.5) is 4.79 Å². The molecule has 5 aliphatic rings. The second kappa shape index (κ2) is 9.01. The fourth-order valence-corrected chi connectivity index (χ4v) is 8.25. The summed E-state index contributed by atoms with van der Waals surface area (Å²) in [6, 6.07) is 13.8. The summed E-state index contributed by atoms with van der Waals surface area (Å²) in [5, 5.41) is 0.386. The molecule has 1 heterocycles. The van der Waals surface area contributed by atoms with Gasteiger partial charge < -0.3 is 4.74 Å². The number of amides is 2. The van der Waals surface area contributed by atoms with Crippen molar-refractivity contribution in [1.82, 2.24) is 4.90 Å². The van der Waals surface area contributed by atoms with Gasteiger partial charge in [-0.3, -0.25) is 14.5 Å². The summed E-state index contributed by atoms with van der Waals surface area (Å²) in [7, 11) is 0. The summed E-state index contributed by atoms with van der Waals surface area (Å²) in [4.78, 5) is 27.7. The number of benzene rings is 2. The number of rotatable bonds is 6. The van der Waals surface area contributed by atoms with E-state index in [0.29, 0.717) is 16.5 Å². The van der Waals surface area contributed by atoms with E-state index in [1.165, 1.54) is 49.0 Å². The zero-order valence-electron chi connectivity index (χ0n) is 20.0. The highest BCUT2D eigenvalue weighted by Crippen LogP contribution is 2.61. The van der Waals surface area contributed by atoms with Crippen LogP contribution in [0.5, 0.6) is 5.75 Å². The van der Waals surface area contributed by atoms with Crippen LogP contribution in [0.1, 0.15) is 62.1 Å². The molecule has 1 saturated heterocycles. The van der Waals surface area contributed by atoms with E-state index in [-0.39, 0.29) is 23.1 Å². The molecule has 1 aliphatic heterocycles. The quantitative estimate of drug-likeness (QED) is 0.381. The van der Waals surface area contributed by atoms with Crippen LogP contribution in [0.25, 0.3) is 6.08 Å². The van der Waals surface area contributed by atoms with Gasteiger partial charge in [-0.1, -0.05) is 29.8 Å². The maximum absolute atomic E-state index is 13.2. The van der Waals surface area contributed by atoms with Crippen LogP contribution < -0.4 is 4.74 Å². The molecule has 4 nitrogen and oxygen atoms in total. The van der Waals surface area contributed by atoms with Crippen LogP contribution in [0.3, 0.4) is 0 Å². The van der Waals surface area contributed by atoms with Crippen molar-refractivity contribution in [3.8, 4) is 5.75 Å². The SMILES string of the molecule is CCOc1ccc(C23CC4CC(CC(C4)C2)C3)cc1/C=C1\SC(=O)N(Cc2ccc(Cl)cc2)C1=O. The van der Waals surface area contributed by atoms with E-state index in [0.717, 1.165) is 46.4 Å². The van der Waals surface area contributed by atoms with Crippen LogP contribution in [-0.4, -0.2) is 22.7 Å². The van der Waals surface area contributed by atoms with E-state index in [9.17, 15) is 9.59 Å². The van der Waals surface area contributed by atoms with Gasteiger partial charge in [0.05, 0.1) is 18.1 Å². The van der Waals surface area contributed by atoms with Crippen molar-refractivity contribution < 1.29 is 14.3 Å². The average molecular weight is 508 g/mol. The monoisotopic (exact) mass is 507 g/mol. The summed E-state index contributed by atoms with van der Waals surface area (Å²) < 4.78 is 5.94. The fourth-order valence-electron chi connectivity index (χ4n) is 7.29. The van der Waals surface area contributed by atoms with E-state index >= 15 is 0 Å². The Hall–Kier alpha value is -2.24. The number of hydrogen-bond donors (Lipinski definition) is 0. The lowest BCUT2D eigenvalue weighted by Gasteiger charge is -2.57. The summed E-state index contributed by atoms with van der Waals surface area (Å²) in [6.45, 7) is 2.76. The molecule has 0 unspecified atom stereocenters. The molecule has 0 N–H and O–H groups in total. The number of carbonyl (C=O) groups excluding carboxylic acids is 2. The first kappa shape index (κ1) is 23.2. The lowest BCUT2D eigenvalue weighted by Crippen LogP contribution is -2.48. The Morgan fingerprint density at radius 1 is 1.03 bits per heavy atom. The van der Waals surface area contributed by atoms with E-state index in [2.05, 4.69) is 18.2 Å². The Morgan fingerprint density at radius 3 is 2.31 bits per heavy atom. The minimum atomic E-state index is -0.252. The van der Waals surface area contributed by atoms with Crippen molar-refractivity contribution in [3.63, 3.8) is 0 Å². The van der Waals surface area contributed by atoms with Crippen LogP contribution in [0.2, 0.25) is 5.02 Å². The molecule has 4 saturated carbocycles. The van der Waals surface area contributed by atoms with Gasteiger partial charge in [0.15, 0.2) is 0 Å². The van der Waals surface area contributed by atoms with Gasteiger partial charge in [-0.15, -0.1) is 0 Å². The van der Waals surface area contributed by atoms with Gasteiger partial charge in [-0.25, -0.2) is 0 Å². The summed E-state index contributed by atoms with van der Waals surface area (Å²) >= 11 is 6.99. The van der Waals surface area contributed by atoms with E-state index in [1.807, 2.05) is 25.1 Å². The number of thioether (sulfide) groups is 1. The van der Waals surface area contributed by atoms with Gasteiger partial charge in [-0.2, -0.15) is 0 Å². The first-order valence-corrected chi connectivity index (χ1v) is 13.9. The molecule has 2 aromatic carbocycles. The Kier molecular flexibility index (Phi) is 5.96. The Morgan fingerprint density at radius 2 is 1.69 bits per heavy atom. The summed E-state index contributed by atoms with van der Waals surface area (Å²) in [5.74, 6) is 3.10. The van der Waals surface area contributed by atoms with E-state index < -0.39 is 0 Å². The van der Waals surface area contributed by atoms with Gasteiger partial charge in [0.2, 0.25) is 0 Å². The molecular weight excluding hydrogens is 478 g/mol. The minimum Gasteiger partial charge on any atom is -0.493 e. The molecule has 4 bridgehead atoms. The first-order valence-electron chi connectivity index (χ1n) is 12.7. The Labute approximate surface area is 216 Å². The lowest BCUT2D eigenvalue weighted by molar-refractivity contribution is -0.123. The molecule has 0 radical (unpaired) electrons. The van der Waals surface area contributed by atoms with Crippen molar-refractivity contribution in [2.24, 2.45) is 17.8 Å². The van der Waals surface area contributed by atoms with Crippen LogP contribution >= 0.6 is 23.4 Å². The van der Waals surface area contributed by atoms with Crippen molar-refractivity contribution in [1.29, 1.82) is 0 Å². The number of halogens is 1. The molecule has 2 amide bonds. The highest BCUT2D eigenvalue weighted by atomic mass is 35.5. The fraction of sp³-hybridized carbons (Fsp3) is 0.448. The predicted octanol–water partition coefficient (Wildman–Crippen LogP) is 7.44. The molecule has 6 heteroatoms. The number of nitrogens with zero attached hydrogens (tertiary/aromatic N) is 1. The molecule has 182 valence electrons. The smallest absolute Gasteiger partial charge is 0.293 e. The minimum absolute atomic E-state index is 0.241. The topological polar surface area (TPSA) is 46.6 Å². The normalized spacial score (nSPS) is 30.5. The third-order valence-electron chi connectivity index (χ3n) is 8.37. The van der Waals surface area contributed by atoms with Crippen molar-refractivity contribution >= 4 is 40.6 Å². The molecule has 35 heavy (non-hydrogen) atoms. The molecule has 5 fully saturated rings. The third kappa shape index (κ3) is 4.31. The number of ether oxygens (including phenoxy) is 1. The van der Waals surface area contributed by atoms with Gasteiger partial charge >= 0.3 is 0 Å². The zero-order chi connectivity index (χ0) is 24.2. The molecule has 4 aliphatic carbocycles. The maximum Gasteiger partial charge on any atom is 0.293 e. The van der Waals surface area contributed by atoms with Gasteiger partial charge in [0.25, 0.3) is 11.1 Å². The van der Waals surface area contributed by atoms with Crippen LogP contribution in [-0.2, 0) is 16.8 Å². The molecule has 0 atom stereocenters. The predicted molar refractivity (Wildman–Crippen MR) is 140 cm³/mol. The number of carbonyl (C=O) groups is 2. The highest BCUT2D eigenvalue weighted by molar-refractivity contribution is 8.18. The third-order valence-corrected chi connectivity index (χ3v) is 9.53. The second-order valence-corrected chi connectivity index (χ2v) is 12.2. The van der Waals surface area contributed by atoms with Crippen LogP contribution in [0, 0.1) is 17.8 Å². The number of imide groups is 1.